The van der Waals surface area contributed by atoms with E-state index in [2.05, 4.69) is 15.8 Å². The summed E-state index contributed by atoms with van der Waals surface area (Å²) >= 11 is 0. The van der Waals surface area contributed by atoms with Gasteiger partial charge in [0.1, 0.15) is 34.9 Å². The molecule has 6 bridgehead atoms. The minimum Gasteiger partial charge on any atom is -0.496 e. The Morgan fingerprint density at radius 1 is 1.04 bits per heavy atom. The molecule has 0 unspecified atom stereocenters. The van der Waals surface area contributed by atoms with Crippen molar-refractivity contribution >= 4 is 17.7 Å². The zero-order valence-corrected chi connectivity index (χ0v) is 24.7. The second-order valence-corrected chi connectivity index (χ2v) is 10.9. The molecule has 1 aromatic heterocycles. The van der Waals surface area contributed by atoms with Crippen LogP contribution in [0.1, 0.15) is 38.6 Å². The fourth-order valence-corrected chi connectivity index (χ4v) is 5.43. The largest absolute Gasteiger partial charge is 0.496 e. The molecule has 0 saturated carbocycles. The van der Waals surface area contributed by atoms with Crippen LogP contribution in [0.2, 0.25) is 0 Å². The predicted molar refractivity (Wildman–Crippen MR) is 160 cm³/mol. The van der Waals surface area contributed by atoms with Crippen LogP contribution >= 0.6 is 0 Å². The van der Waals surface area contributed by atoms with E-state index in [1.807, 2.05) is 0 Å². The van der Waals surface area contributed by atoms with Crippen LogP contribution in [0.4, 0.5) is 4.39 Å². The first kappa shape index (κ1) is 29.7. The number of hydrogen-bond donors (Lipinski definition) is 2. The fraction of sp³-hybridized carbons (Fsp3) is 0.273. The molecule has 3 aliphatic heterocycles. The van der Waals surface area contributed by atoms with Crippen molar-refractivity contribution in [1.29, 1.82) is 0 Å². The Morgan fingerprint density at radius 2 is 1.89 bits per heavy atom. The third-order valence-corrected chi connectivity index (χ3v) is 7.77. The molecular formula is C33H31FN4O7. The third-order valence-electron chi connectivity index (χ3n) is 7.77. The van der Waals surface area contributed by atoms with Gasteiger partial charge in [0.25, 0.3) is 17.7 Å². The molecule has 12 heteroatoms. The molecular weight excluding hydrogens is 583 g/mol. The fourth-order valence-electron chi connectivity index (χ4n) is 5.43. The lowest BCUT2D eigenvalue weighted by Gasteiger charge is -2.38. The summed E-state index contributed by atoms with van der Waals surface area (Å²) in [4.78, 5) is 41.0. The minimum atomic E-state index is -0.710. The summed E-state index contributed by atoms with van der Waals surface area (Å²) in [6.07, 6.45) is -0.207. The van der Waals surface area contributed by atoms with Crippen molar-refractivity contribution in [2.45, 2.75) is 32.0 Å². The van der Waals surface area contributed by atoms with E-state index in [-0.39, 0.29) is 42.8 Å². The molecule has 3 aliphatic rings. The van der Waals surface area contributed by atoms with E-state index in [0.29, 0.717) is 47.1 Å². The number of likely N-dealkylation sites (tertiary alicyclic amines) is 1. The molecule has 4 heterocycles. The summed E-state index contributed by atoms with van der Waals surface area (Å²) < 4.78 is 37.8. The summed E-state index contributed by atoms with van der Waals surface area (Å²) in [6, 6.07) is 17.3. The van der Waals surface area contributed by atoms with Gasteiger partial charge in [-0.2, -0.15) is 0 Å². The number of aromatic nitrogens is 1. The number of benzene rings is 3. The van der Waals surface area contributed by atoms with E-state index >= 15 is 4.39 Å². The molecule has 4 aromatic rings. The van der Waals surface area contributed by atoms with E-state index in [9.17, 15) is 14.4 Å². The van der Waals surface area contributed by atoms with Crippen molar-refractivity contribution in [2.24, 2.45) is 0 Å². The average molecular weight is 615 g/mol. The number of hydrogen-bond acceptors (Lipinski definition) is 8. The Kier molecular flexibility index (Phi) is 8.37. The SMILES string of the molecule is COc1cc2ccc1CNC(=O)COc1cccc(c1)-c1ccc(F)c(c1)C(=O)N[C@@H]1CN(C(=O)c3cc(C)on3)CC[C@@H]1O2. The molecule has 45 heavy (non-hydrogen) atoms. The van der Waals surface area contributed by atoms with Crippen LogP contribution in [-0.4, -0.2) is 66.7 Å². The van der Waals surface area contributed by atoms with Gasteiger partial charge < -0.3 is 34.3 Å². The molecule has 2 N–H and O–H groups in total. The zero-order chi connectivity index (χ0) is 31.5. The van der Waals surface area contributed by atoms with Crippen molar-refractivity contribution in [2.75, 3.05) is 26.8 Å². The van der Waals surface area contributed by atoms with E-state index in [4.69, 9.17) is 18.7 Å². The van der Waals surface area contributed by atoms with Gasteiger partial charge in [-0.1, -0.05) is 23.4 Å². The molecule has 0 spiro atoms. The number of ether oxygens (including phenoxy) is 3. The molecule has 7 rings (SSSR count). The van der Waals surface area contributed by atoms with E-state index < -0.39 is 23.9 Å². The quantitative estimate of drug-likeness (QED) is 0.348. The van der Waals surface area contributed by atoms with Crippen molar-refractivity contribution in [1.82, 2.24) is 20.7 Å². The number of carbonyl (C=O) groups is 3. The van der Waals surface area contributed by atoms with Gasteiger partial charge in [0.15, 0.2) is 12.3 Å². The molecule has 1 fully saturated rings. The van der Waals surface area contributed by atoms with Crippen LogP contribution in [0.15, 0.2) is 71.3 Å². The number of amides is 3. The number of nitrogens with one attached hydrogen (secondary N) is 2. The summed E-state index contributed by atoms with van der Waals surface area (Å²) in [5, 5.41) is 9.59. The van der Waals surface area contributed by atoms with Gasteiger partial charge in [0.2, 0.25) is 0 Å². The lowest BCUT2D eigenvalue weighted by atomic mass is 9.99. The highest BCUT2D eigenvalue weighted by Crippen LogP contribution is 2.29. The number of fused-ring (bicyclic) bond motifs is 7. The molecule has 3 amide bonds. The highest BCUT2D eigenvalue weighted by molar-refractivity contribution is 5.96. The average Bonchev–Trinajstić information content (AvgIpc) is 3.49. The normalized spacial score (nSPS) is 18.5. The highest BCUT2D eigenvalue weighted by atomic mass is 19.1. The minimum absolute atomic E-state index is 0.0864. The number of rotatable bonds is 2. The Bertz CT molecular complexity index is 1760. The van der Waals surface area contributed by atoms with Gasteiger partial charge in [0, 0.05) is 43.8 Å². The molecule has 232 valence electrons. The number of nitrogens with zero attached hydrogens (tertiary/aromatic N) is 2. The molecule has 0 radical (unpaired) electrons. The topological polar surface area (TPSA) is 132 Å². The van der Waals surface area contributed by atoms with Gasteiger partial charge in [0.05, 0.1) is 18.7 Å². The van der Waals surface area contributed by atoms with Crippen LogP contribution < -0.4 is 24.8 Å². The summed E-state index contributed by atoms with van der Waals surface area (Å²) in [5.74, 6) is -0.169. The van der Waals surface area contributed by atoms with Gasteiger partial charge in [-0.25, -0.2) is 4.39 Å². The highest BCUT2D eigenvalue weighted by Gasteiger charge is 2.36. The molecule has 1 saturated heterocycles. The van der Waals surface area contributed by atoms with Gasteiger partial charge in [-0.3, -0.25) is 14.4 Å². The molecule has 3 aromatic carbocycles. The second kappa shape index (κ2) is 12.7. The zero-order valence-electron chi connectivity index (χ0n) is 24.7. The number of piperidine rings is 1. The summed E-state index contributed by atoms with van der Waals surface area (Å²) in [7, 11) is 1.51. The number of carbonyl (C=O) groups excluding carboxylic acids is 3. The van der Waals surface area contributed by atoms with Crippen LogP contribution in [-0.2, 0) is 11.3 Å². The van der Waals surface area contributed by atoms with Gasteiger partial charge >= 0.3 is 0 Å². The first-order valence-corrected chi connectivity index (χ1v) is 14.4. The van der Waals surface area contributed by atoms with Crippen LogP contribution in [0.3, 0.4) is 0 Å². The maximum absolute atomic E-state index is 15.1. The Labute approximate surface area is 258 Å². The Morgan fingerprint density at radius 3 is 2.69 bits per heavy atom. The van der Waals surface area contributed by atoms with Crippen LogP contribution in [0.5, 0.6) is 17.2 Å². The lowest BCUT2D eigenvalue weighted by Crippen LogP contribution is -2.58. The standard InChI is InChI=1S/C33H31FN4O7/c1-19-12-27(37-45-19)33(41)38-11-10-29-28(17-38)36-32(40)25-14-21(7-9-26(25)34)20-4-3-5-23(13-20)43-18-31(39)35-16-22-6-8-24(44-29)15-30(22)42-2/h3-9,12-15,28-29H,10-11,16-18H2,1-2H3,(H,35,39)(H,36,40)/t28-,29+/m1/s1. The van der Waals surface area contributed by atoms with Crippen molar-refractivity contribution in [3.05, 3.63) is 95.1 Å². The van der Waals surface area contributed by atoms with E-state index in [1.165, 1.54) is 19.2 Å². The van der Waals surface area contributed by atoms with Gasteiger partial charge in [-0.05, 0) is 54.4 Å². The van der Waals surface area contributed by atoms with Crippen LogP contribution in [0, 0.1) is 12.7 Å². The molecule has 0 aliphatic carbocycles. The third kappa shape index (κ3) is 6.59. The molecule has 11 nitrogen and oxygen atoms in total. The van der Waals surface area contributed by atoms with Crippen molar-refractivity contribution < 1.29 is 37.5 Å². The van der Waals surface area contributed by atoms with Crippen molar-refractivity contribution in [3.8, 4) is 28.4 Å². The second-order valence-electron chi connectivity index (χ2n) is 10.9. The first-order valence-electron chi connectivity index (χ1n) is 14.4. The van der Waals surface area contributed by atoms with Gasteiger partial charge in [-0.15, -0.1) is 0 Å². The maximum atomic E-state index is 15.1. The lowest BCUT2D eigenvalue weighted by molar-refractivity contribution is -0.123. The first-order chi connectivity index (χ1) is 21.8. The monoisotopic (exact) mass is 614 g/mol. The summed E-state index contributed by atoms with van der Waals surface area (Å²) in [5.41, 5.74) is 1.94. The van der Waals surface area contributed by atoms with Crippen molar-refractivity contribution in [3.63, 3.8) is 0 Å². The predicted octanol–water partition coefficient (Wildman–Crippen LogP) is 3.90. The number of halogens is 1. The Hall–Kier alpha value is -5.39. The smallest absolute Gasteiger partial charge is 0.276 e. The van der Waals surface area contributed by atoms with E-state index in [0.717, 1.165) is 5.56 Å². The summed E-state index contributed by atoms with van der Waals surface area (Å²) in [6.45, 7) is 2.08. The Balaban J connectivity index is 1.36. The number of methoxy groups -OCH3 is 1. The molecule has 2 atom stereocenters. The van der Waals surface area contributed by atoms with Crippen LogP contribution in [0.25, 0.3) is 11.1 Å². The number of aryl methyl sites for hydroxylation is 1. The van der Waals surface area contributed by atoms with E-state index in [1.54, 1.807) is 66.4 Å². The maximum Gasteiger partial charge on any atom is 0.276 e.